The van der Waals surface area contributed by atoms with Crippen LogP contribution < -0.4 is 10.9 Å². The number of aromatic amines is 1. The number of carbonyl (C=O) groups is 2. The van der Waals surface area contributed by atoms with Crippen LogP contribution in [0.15, 0.2) is 53.3 Å². The Kier molecular flexibility index (Phi) is 5.07. The third kappa shape index (κ3) is 3.94. The molecule has 7 heteroatoms. The van der Waals surface area contributed by atoms with E-state index < -0.39 is 5.97 Å². The van der Waals surface area contributed by atoms with Crippen molar-refractivity contribution in [3.8, 4) is 11.3 Å². The van der Waals surface area contributed by atoms with Crippen LogP contribution in [0, 0.1) is 0 Å². The van der Waals surface area contributed by atoms with Gasteiger partial charge in [-0.15, -0.1) is 0 Å². The second-order valence-electron chi connectivity index (χ2n) is 5.82. The van der Waals surface area contributed by atoms with Crippen LogP contribution >= 0.6 is 0 Å². The van der Waals surface area contributed by atoms with Crippen LogP contribution in [0.25, 0.3) is 22.0 Å². The van der Waals surface area contributed by atoms with E-state index in [-0.39, 0.29) is 30.7 Å². The average Bonchev–Trinajstić information content (AvgIpc) is 2.62. The highest BCUT2D eigenvalue weighted by Gasteiger charge is 2.10. The molecule has 132 valence electrons. The Morgan fingerprint density at radius 1 is 1.04 bits per heavy atom. The second kappa shape index (κ2) is 7.60. The fourth-order valence-electron chi connectivity index (χ4n) is 2.70. The van der Waals surface area contributed by atoms with E-state index in [1.54, 1.807) is 30.3 Å². The molecule has 3 aromatic rings. The number of carbonyl (C=O) groups excluding carboxylic acids is 1. The minimum absolute atomic E-state index is 0.0409. The van der Waals surface area contributed by atoms with Crippen LogP contribution in [0.5, 0.6) is 0 Å². The van der Waals surface area contributed by atoms with Crippen molar-refractivity contribution < 1.29 is 14.7 Å². The van der Waals surface area contributed by atoms with E-state index in [4.69, 9.17) is 5.11 Å². The number of nitrogens with one attached hydrogen (secondary N) is 2. The highest BCUT2D eigenvalue weighted by atomic mass is 16.4. The number of amides is 1. The van der Waals surface area contributed by atoms with Gasteiger partial charge >= 0.3 is 5.97 Å². The van der Waals surface area contributed by atoms with E-state index in [9.17, 15) is 14.4 Å². The molecule has 0 saturated heterocycles. The summed E-state index contributed by atoms with van der Waals surface area (Å²) in [6, 6.07) is 14.3. The van der Waals surface area contributed by atoms with Crippen LogP contribution in [0.1, 0.15) is 19.3 Å². The number of carboxylic acids is 1. The number of fused-ring (bicyclic) bond motifs is 1. The van der Waals surface area contributed by atoms with Gasteiger partial charge in [0.1, 0.15) is 0 Å². The third-order valence-corrected chi connectivity index (χ3v) is 3.91. The summed E-state index contributed by atoms with van der Waals surface area (Å²) in [5.41, 5.74) is 1.69. The zero-order chi connectivity index (χ0) is 18.5. The number of anilines is 1. The van der Waals surface area contributed by atoms with Crippen LogP contribution in [-0.2, 0) is 9.59 Å². The summed E-state index contributed by atoms with van der Waals surface area (Å²) in [6.07, 6.45) is 0.379. The predicted octanol–water partition coefficient (Wildman–Crippen LogP) is 2.78. The van der Waals surface area contributed by atoms with E-state index in [2.05, 4.69) is 15.5 Å². The minimum Gasteiger partial charge on any atom is -0.481 e. The average molecular weight is 351 g/mol. The number of nitrogens with zero attached hydrogens (tertiary/aromatic N) is 1. The predicted molar refractivity (Wildman–Crippen MR) is 97.9 cm³/mol. The molecule has 0 aliphatic rings. The summed E-state index contributed by atoms with van der Waals surface area (Å²) >= 11 is 0. The van der Waals surface area contributed by atoms with Crippen molar-refractivity contribution in [1.82, 2.24) is 10.2 Å². The molecule has 1 heterocycles. The Labute approximate surface area is 148 Å². The van der Waals surface area contributed by atoms with E-state index in [1.165, 1.54) is 0 Å². The molecular formula is C19H17N3O4. The van der Waals surface area contributed by atoms with Gasteiger partial charge in [-0.3, -0.25) is 14.4 Å². The van der Waals surface area contributed by atoms with Gasteiger partial charge in [0, 0.05) is 29.5 Å². The fraction of sp³-hybridized carbons (Fsp3) is 0.158. The number of rotatable bonds is 6. The molecule has 1 aromatic heterocycles. The molecule has 7 nitrogen and oxygen atoms in total. The van der Waals surface area contributed by atoms with Crippen LogP contribution in [-0.4, -0.2) is 27.2 Å². The van der Waals surface area contributed by atoms with Crippen molar-refractivity contribution >= 4 is 28.3 Å². The van der Waals surface area contributed by atoms with Gasteiger partial charge in [-0.25, -0.2) is 5.10 Å². The maximum Gasteiger partial charge on any atom is 0.303 e. The third-order valence-electron chi connectivity index (χ3n) is 3.91. The molecule has 0 radical (unpaired) electrons. The van der Waals surface area contributed by atoms with Crippen molar-refractivity contribution in [2.75, 3.05) is 5.32 Å². The Balaban J connectivity index is 1.84. The molecule has 0 aliphatic heterocycles. The van der Waals surface area contributed by atoms with Gasteiger partial charge in [0.25, 0.3) is 5.56 Å². The SMILES string of the molecule is O=C(O)CCCC(=O)Nc1cccc(-c2n[nH]c(=O)c3ccccc23)c1. The number of H-pyrrole nitrogens is 1. The van der Waals surface area contributed by atoms with Gasteiger partial charge in [-0.2, -0.15) is 5.10 Å². The standard InChI is InChI=1S/C19H17N3O4/c23-16(9-4-10-17(24)25)20-13-6-3-5-12(11-13)18-14-7-1-2-8-15(14)19(26)22-21-18/h1-3,5-8,11H,4,9-10H2,(H,20,23)(H,22,26)(H,24,25). The fourth-order valence-corrected chi connectivity index (χ4v) is 2.70. The normalized spacial score (nSPS) is 10.6. The maximum absolute atomic E-state index is 11.9. The maximum atomic E-state index is 11.9. The molecular weight excluding hydrogens is 334 g/mol. The van der Waals surface area contributed by atoms with Crippen molar-refractivity contribution in [3.63, 3.8) is 0 Å². The minimum atomic E-state index is -0.921. The summed E-state index contributed by atoms with van der Waals surface area (Å²) in [6.45, 7) is 0. The molecule has 2 aromatic carbocycles. The van der Waals surface area contributed by atoms with Crippen LogP contribution in [0.3, 0.4) is 0 Å². The lowest BCUT2D eigenvalue weighted by Crippen LogP contribution is -2.12. The molecule has 0 fully saturated rings. The number of hydrogen-bond acceptors (Lipinski definition) is 4. The molecule has 0 bridgehead atoms. The lowest BCUT2D eigenvalue weighted by atomic mass is 10.0. The van der Waals surface area contributed by atoms with E-state index in [1.807, 2.05) is 18.2 Å². The summed E-state index contributed by atoms with van der Waals surface area (Å²) < 4.78 is 0. The Bertz CT molecular complexity index is 1030. The lowest BCUT2D eigenvalue weighted by molar-refractivity contribution is -0.137. The zero-order valence-electron chi connectivity index (χ0n) is 13.9. The number of benzene rings is 2. The molecule has 0 atom stereocenters. The second-order valence-corrected chi connectivity index (χ2v) is 5.82. The number of aliphatic carboxylic acids is 1. The molecule has 0 aliphatic carbocycles. The Morgan fingerprint density at radius 2 is 1.81 bits per heavy atom. The highest BCUT2D eigenvalue weighted by molar-refractivity contribution is 5.95. The highest BCUT2D eigenvalue weighted by Crippen LogP contribution is 2.26. The smallest absolute Gasteiger partial charge is 0.303 e. The first-order valence-electron chi connectivity index (χ1n) is 8.14. The van der Waals surface area contributed by atoms with Gasteiger partial charge < -0.3 is 10.4 Å². The number of aromatic nitrogens is 2. The van der Waals surface area contributed by atoms with Crippen LogP contribution in [0.4, 0.5) is 5.69 Å². The number of hydrogen-bond donors (Lipinski definition) is 3. The molecule has 3 N–H and O–H groups in total. The van der Waals surface area contributed by atoms with E-state index in [0.717, 1.165) is 10.9 Å². The summed E-state index contributed by atoms with van der Waals surface area (Å²) in [5, 5.41) is 19.3. The summed E-state index contributed by atoms with van der Waals surface area (Å²) in [4.78, 5) is 34.3. The van der Waals surface area contributed by atoms with Gasteiger partial charge in [-0.05, 0) is 24.6 Å². The molecule has 0 saturated carbocycles. The van der Waals surface area contributed by atoms with Gasteiger partial charge in [0.05, 0.1) is 11.1 Å². The van der Waals surface area contributed by atoms with E-state index in [0.29, 0.717) is 16.8 Å². The molecule has 0 spiro atoms. The summed E-state index contributed by atoms with van der Waals surface area (Å²) in [7, 11) is 0. The molecule has 3 rings (SSSR count). The van der Waals surface area contributed by atoms with Crippen molar-refractivity contribution in [2.24, 2.45) is 0 Å². The van der Waals surface area contributed by atoms with Crippen molar-refractivity contribution in [2.45, 2.75) is 19.3 Å². The van der Waals surface area contributed by atoms with E-state index >= 15 is 0 Å². The quantitative estimate of drug-likeness (QED) is 0.632. The monoisotopic (exact) mass is 351 g/mol. The summed E-state index contributed by atoms with van der Waals surface area (Å²) in [5.74, 6) is -1.17. The Hall–Kier alpha value is -3.48. The van der Waals surface area contributed by atoms with Gasteiger partial charge in [0.2, 0.25) is 5.91 Å². The van der Waals surface area contributed by atoms with Gasteiger partial charge in [-0.1, -0.05) is 30.3 Å². The molecule has 1 amide bonds. The first kappa shape index (κ1) is 17.3. The lowest BCUT2D eigenvalue weighted by Gasteiger charge is -2.08. The first-order valence-corrected chi connectivity index (χ1v) is 8.14. The molecule has 26 heavy (non-hydrogen) atoms. The first-order chi connectivity index (χ1) is 12.5. The Morgan fingerprint density at radius 3 is 2.58 bits per heavy atom. The topological polar surface area (TPSA) is 112 Å². The number of carboxylic acid groups (broad SMARTS) is 1. The zero-order valence-corrected chi connectivity index (χ0v) is 13.9. The van der Waals surface area contributed by atoms with Crippen LogP contribution in [0.2, 0.25) is 0 Å². The van der Waals surface area contributed by atoms with Crippen molar-refractivity contribution in [1.29, 1.82) is 0 Å². The van der Waals surface area contributed by atoms with Gasteiger partial charge in [0.15, 0.2) is 0 Å². The molecule has 0 unspecified atom stereocenters. The largest absolute Gasteiger partial charge is 0.481 e. The van der Waals surface area contributed by atoms with Crippen molar-refractivity contribution in [3.05, 3.63) is 58.9 Å².